The van der Waals surface area contributed by atoms with Crippen molar-refractivity contribution in [2.45, 2.75) is 18.7 Å². The average molecular weight is 252 g/mol. The summed E-state index contributed by atoms with van der Waals surface area (Å²) in [6, 6.07) is 4.75. The molecule has 0 aliphatic rings. The van der Waals surface area contributed by atoms with Crippen molar-refractivity contribution < 1.29 is 8.42 Å². The maximum absolute atomic E-state index is 12.2. The van der Waals surface area contributed by atoms with Crippen LogP contribution in [0.1, 0.15) is 12.5 Å². The second-order valence-corrected chi connectivity index (χ2v) is 5.65. The number of hydrogen-bond donors (Lipinski definition) is 1. The molecule has 0 aliphatic carbocycles. The van der Waals surface area contributed by atoms with Gasteiger partial charge in [-0.1, -0.05) is 12.8 Å². The van der Waals surface area contributed by atoms with Crippen LogP contribution in [-0.4, -0.2) is 25.8 Å². The molecule has 17 heavy (non-hydrogen) atoms. The molecule has 0 fully saturated rings. The molecule has 1 rings (SSSR count). The number of benzene rings is 1. The Kier molecular flexibility index (Phi) is 4.16. The number of nitrogen functional groups attached to an aromatic ring is 1. The van der Waals surface area contributed by atoms with E-state index in [9.17, 15) is 8.42 Å². The first-order valence-corrected chi connectivity index (χ1v) is 6.66. The van der Waals surface area contributed by atoms with E-state index < -0.39 is 10.0 Å². The Hall–Kier alpha value is -1.51. The van der Waals surface area contributed by atoms with Crippen molar-refractivity contribution in [3.8, 4) is 12.3 Å². The van der Waals surface area contributed by atoms with E-state index in [-0.39, 0.29) is 11.4 Å². The van der Waals surface area contributed by atoms with Gasteiger partial charge in [0.05, 0.1) is 11.4 Å². The Morgan fingerprint density at radius 1 is 1.41 bits per heavy atom. The van der Waals surface area contributed by atoms with E-state index in [2.05, 4.69) is 5.92 Å². The topological polar surface area (TPSA) is 63.4 Å². The highest BCUT2D eigenvalue weighted by molar-refractivity contribution is 7.89. The minimum Gasteiger partial charge on any atom is -0.399 e. The summed E-state index contributed by atoms with van der Waals surface area (Å²) < 4.78 is 25.7. The zero-order chi connectivity index (χ0) is 13.1. The van der Waals surface area contributed by atoms with E-state index in [0.29, 0.717) is 12.2 Å². The molecule has 4 nitrogen and oxygen atoms in total. The summed E-state index contributed by atoms with van der Waals surface area (Å²) in [6.07, 6.45) is 5.16. The van der Waals surface area contributed by atoms with Gasteiger partial charge in [-0.2, -0.15) is 4.31 Å². The molecule has 0 saturated carbocycles. The van der Waals surface area contributed by atoms with Crippen molar-refractivity contribution >= 4 is 15.7 Å². The lowest BCUT2D eigenvalue weighted by Gasteiger charge is -2.18. The van der Waals surface area contributed by atoms with Crippen LogP contribution < -0.4 is 5.73 Å². The number of terminal acetylenes is 1. The molecule has 1 aromatic rings. The van der Waals surface area contributed by atoms with E-state index in [1.807, 2.05) is 0 Å². The highest BCUT2D eigenvalue weighted by atomic mass is 32.2. The molecular formula is C12H16N2O2S. The number of nitrogens with two attached hydrogens (primary N) is 1. The zero-order valence-electron chi connectivity index (χ0n) is 9.97. The molecule has 0 heterocycles. The lowest BCUT2D eigenvalue weighted by molar-refractivity contribution is 0.464. The van der Waals surface area contributed by atoms with Crippen molar-refractivity contribution in [3.63, 3.8) is 0 Å². The van der Waals surface area contributed by atoms with Crippen LogP contribution in [0.25, 0.3) is 0 Å². The molecule has 0 radical (unpaired) electrons. The Morgan fingerprint density at radius 3 is 2.53 bits per heavy atom. The first-order valence-electron chi connectivity index (χ1n) is 5.22. The number of hydrogen-bond acceptors (Lipinski definition) is 3. The van der Waals surface area contributed by atoms with Crippen molar-refractivity contribution in [1.29, 1.82) is 0 Å². The number of rotatable bonds is 4. The minimum atomic E-state index is -3.55. The summed E-state index contributed by atoms with van der Waals surface area (Å²) in [7, 11) is -3.55. The van der Waals surface area contributed by atoms with Gasteiger partial charge in [-0.3, -0.25) is 0 Å². The van der Waals surface area contributed by atoms with Crippen molar-refractivity contribution in [2.24, 2.45) is 0 Å². The third kappa shape index (κ3) is 2.99. The normalized spacial score (nSPS) is 11.4. The predicted octanol–water partition coefficient (Wildman–Crippen LogP) is 1.22. The second kappa shape index (κ2) is 5.21. The van der Waals surface area contributed by atoms with Gasteiger partial charge in [-0.15, -0.1) is 6.42 Å². The summed E-state index contributed by atoms with van der Waals surface area (Å²) in [5, 5.41) is 0. The Labute approximate surface area is 102 Å². The van der Waals surface area contributed by atoms with Crippen LogP contribution in [0.4, 0.5) is 5.69 Å². The lowest BCUT2D eigenvalue weighted by Crippen LogP contribution is -2.31. The number of sulfonamides is 1. The maximum atomic E-state index is 12.2. The molecule has 0 unspecified atom stereocenters. The van der Waals surface area contributed by atoms with Gasteiger partial charge >= 0.3 is 0 Å². The summed E-state index contributed by atoms with van der Waals surface area (Å²) >= 11 is 0. The molecule has 0 bridgehead atoms. The van der Waals surface area contributed by atoms with E-state index in [1.165, 1.54) is 10.4 Å². The number of aryl methyl sites for hydroxylation is 1. The largest absolute Gasteiger partial charge is 0.399 e. The molecular weight excluding hydrogens is 236 g/mol. The summed E-state index contributed by atoms with van der Waals surface area (Å²) in [5.41, 5.74) is 6.89. The van der Waals surface area contributed by atoms with Gasteiger partial charge < -0.3 is 5.73 Å². The van der Waals surface area contributed by atoms with Crippen LogP contribution in [-0.2, 0) is 10.0 Å². The monoisotopic (exact) mass is 252 g/mol. The van der Waals surface area contributed by atoms with Crippen molar-refractivity contribution in [1.82, 2.24) is 4.31 Å². The van der Waals surface area contributed by atoms with Gasteiger partial charge in [0.2, 0.25) is 10.0 Å². The smallest absolute Gasteiger partial charge is 0.244 e. The third-order valence-electron chi connectivity index (χ3n) is 2.33. The van der Waals surface area contributed by atoms with Gasteiger partial charge in [-0.05, 0) is 30.7 Å². The fraction of sp³-hybridized carbons (Fsp3) is 0.333. The van der Waals surface area contributed by atoms with Gasteiger partial charge in [0.25, 0.3) is 0 Å². The fourth-order valence-corrected chi connectivity index (χ4v) is 3.05. The van der Waals surface area contributed by atoms with E-state index in [0.717, 1.165) is 5.56 Å². The van der Waals surface area contributed by atoms with Crippen molar-refractivity contribution in [3.05, 3.63) is 23.8 Å². The van der Waals surface area contributed by atoms with Gasteiger partial charge in [0.1, 0.15) is 0 Å². The molecule has 5 heteroatoms. The maximum Gasteiger partial charge on any atom is 0.244 e. The molecule has 0 aliphatic heterocycles. The Balaban J connectivity index is 3.25. The van der Waals surface area contributed by atoms with Gasteiger partial charge in [-0.25, -0.2) is 8.42 Å². The number of nitrogens with zero attached hydrogens (tertiary/aromatic N) is 1. The molecule has 0 saturated heterocycles. The Morgan fingerprint density at radius 2 is 2.06 bits per heavy atom. The molecule has 0 spiro atoms. The average Bonchev–Trinajstić information content (AvgIpc) is 2.24. The van der Waals surface area contributed by atoms with E-state index in [4.69, 9.17) is 12.2 Å². The molecule has 2 N–H and O–H groups in total. The van der Waals surface area contributed by atoms with Crippen LogP contribution >= 0.6 is 0 Å². The molecule has 0 aromatic heterocycles. The van der Waals surface area contributed by atoms with E-state index in [1.54, 1.807) is 26.0 Å². The standard InChI is InChI=1S/C12H16N2O2S/c1-4-6-14(5-2)17(15,16)12-8-10(3)7-11(13)9-12/h1,7-9H,5-6,13H2,2-3H3. The van der Waals surface area contributed by atoms with Crippen LogP contribution in [0.5, 0.6) is 0 Å². The Bertz CT molecular complexity index is 524. The van der Waals surface area contributed by atoms with Crippen LogP contribution in [0.2, 0.25) is 0 Å². The molecule has 92 valence electrons. The van der Waals surface area contributed by atoms with Gasteiger partial charge in [0.15, 0.2) is 0 Å². The summed E-state index contributed by atoms with van der Waals surface area (Å²) in [4.78, 5) is 0.187. The molecule has 0 amide bonds. The van der Waals surface area contributed by atoms with Crippen molar-refractivity contribution in [2.75, 3.05) is 18.8 Å². The highest BCUT2D eigenvalue weighted by Gasteiger charge is 2.22. The SMILES string of the molecule is C#CCN(CC)S(=O)(=O)c1cc(C)cc(N)c1. The predicted molar refractivity (Wildman–Crippen MR) is 68.9 cm³/mol. The molecule has 1 aromatic carbocycles. The quantitative estimate of drug-likeness (QED) is 0.647. The number of anilines is 1. The summed E-state index contributed by atoms with van der Waals surface area (Å²) in [6.45, 7) is 3.94. The third-order valence-corrected chi connectivity index (χ3v) is 4.23. The van der Waals surface area contributed by atoms with Crippen LogP contribution in [0, 0.1) is 19.3 Å². The highest BCUT2D eigenvalue weighted by Crippen LogP contribution is 2.19. The summed E-state index contributed by atoms with van der Waals surface area (Å²) in [5.74, 6) is 2.34. The van der Waals surface area contributed by atoms with Crippen LogP contribution in [0.3, 0.4) is 0 Å². The minimum absolute atomic E-state index is 0.0622. The first kappa shape index (κ1) is 13.6. The van der Waals surface area contributed by atoms with E-state index >= 15 is 0 Å². The molecule has 0 atom stereocenters. The zero-order valence-corrected chi connectivity index (χ0v) is 10.8. The lowest BCUT2D eigenvalue weighted by atomic mass is 10.2. The first-order chi connectivity index (χ1) is 7.91. The second-order valence-electron chi connectivity index (χ2n) is 3.71. The van der Waals surface area contributed by atoms with Gasteiger partial charge in [0, 0.05) is 12.2 Å². The fourth-order valence-electron chi connectivity index (χ4n) is 1.54. The van der Waals surface area contributed by atoms with Crippen LogP contribution in [0.15, 0.2) is 23.1 Å².